The SMILES string of the molecule is Cc1ncsc1-c1ccc([C@H](CC(=O)NCCCCCCCN)NC(=O)[C@@H]2C[C@@H](O)CN2C(=O)C(NC(=O)C2(F)CC2)C(C)(C)C)cc1. The minimum absolute atomic E-state index is 0.0118. The van der Waals surface area contributed by atoms with Gasteiger partial charge in [-0.1, -0.05) is 64.3 Å². The fourth-order valence-corrected chi connectivity index (χ4v) is 6.78. The molecule has 1 unspecified atom stereocenters. The summed E-state index contributed by atoms with van der Waals surface area (Å²) in [7, 11) is 0. The van der Waals surface area contributed by atoms with Crippen LogP contribution >= 0.6 is 11.3 Å². The molecule has 0 spiro atoms. The molecule has 11 nitrogen and oxygen atoms in total. The van der Waals surface area contributed by atoms with E-state index in [0.717, 1.165) is 48.2 Å². The van der Waals surface area contributed by atoms with Gasteiger partial charge in [-0.05, 0) is 55.7 Å². The Balaban J connectivity index is 1.49. The van der Waals surface area contributed by atoms with Crippen LogP contribution in [-0.4, -0.2) is 82.1 Å². The highest BCUT2D eigenvalue weighted by Crippen LogP contribution is 2.40. The molecule has 0 bridgehead atoms. The van der Waals surface area contributed by atoms with Crippen molar-refractivity contribution in [3.05, 3.63) is 41.0 Å². The predicted octanol–water partition coefficient (Wildman–Crippen LogP) is 3.69. The number of aliphatic hydroxyl groups excluding tert-OH is 1. The molecule has 1 aliphatic carbocycles. The third-order valence-electron chi connectivity index (χ3n) is 9.08. The van der Waals surface area contributed by atoms with Gasteiger partial charge < -0.3 is 31.7 Å². The van der Waals surface area contributed by atoms with Crippen molar-refractivity contribution in [2.75, 3.05) is 19.6 Å². The minimum Gasteiger partial charge on any atom is -0.391 e. The fraction of sp³-hybridized carbons (Fsp3) is 0.629. The first-order valence-electron chi connectivity index (χ1n) is 17.0. The zero-order valence-corrected chi connectivity index (χ0v) is 29.3. The fourth-order valence-electron chi connectivity index (χ4n) is 5.97. The monoisotopic (exact) mass is 686 g/mol. The Hall–Kier alpha value is -3.42. The Morgan fingerprint density at radius 3 is 2.35 bits per heavy atom. The number of carbonyl (C=O) groups is 4. The zero-order valence-electron chi connectivity index (χ0n) is 28.5. The topological polar surface area (TPSA) is 167 Å². The van der Waals surface area contributed by atoms with Crippen molar-refractivity contribution in [3.8, 4) is 10.4 Å². The maximum atomic E-state index is 14.6. The van der Waals surface area contributed by atoms with Crippen LogP contribution in [0.3, 0.4) is 0 Å². The summed E-state index contributed by atoms with van der Waals surface area (Å²) in [5.74, 6) is -2.15. The van der Waals surface area contributed by atoms with Crippen LogP contribution in [0.15, 0.2) is 29.8 Å². The number of amides is 4. The van der Waals surface area contributed by atoms with Gasteiger partial charge in [0.25, 0.3) is 5.91 Å². The summed E-state index contributed by atoms with van der Waals surface area (Å²) in [4.78, 5) is 60.2. The van der Waals surface area contributed by atoms with E-state index in [1.54, 1.807) is 26.3 Å². The van der Waals surface area contributed by atoms with Gasteiger partial charge in [-0.15, -0.1) is 11.3 Å². The molecule has 4 amide bonds. The van der Waals surface area contributed by atoms with Gasteiger partial charge in [-0.25, -0.2) is 9.37 Å². The number of nitrogens with zero attached hydrogens (tertiary/aromatic N) is 2. The summed E-state index contributed by atoms with van der Waals surface area (Å²) < 4.78 is 14.6. The number of likely N-dealkylation sites (tertiary alicyclic amines) is 1. The van der Waals surface area contributed by atoms with E-state index in [9.17, 15) is 28.7 Å². The van der Waals surface area contributed by atoms with Crippen molar-refractivity contribution in [1.82, 2.24) is 25.8 Å². The van der Waals surface area contributed by atoms with E-state index < -0.39 is 53.0 Å². The summed E-state index contributed by atoms with van der Waals surface area (Å²) >= 11 is 1.53. The van der Waals surface area contributed by atoms with Crippen LogP contribution < -0.4 is 21.7 Å². The lowest BCUT2D eigenvalue weighted by atomic mass is 9.85. The quantitative estimate of drug-likeness (QED) is 0.168. The molecule has 2 aromatic rings. The van der Waals surface area contributed by atoms with Crippen LogP contribution in [0.1, 0.15) is 95.9 Å². The van der Waals surface area contributed by atoms with Crippen molar-refractivity contribution in [2.45, 2.75) is 115 Å². The molecule has 1 saturated carbocycles. The number of alkyl halides is 1. The number of hydrogen-bond acceptors (Lipinski definition) is 8. The van der Waals surface area contributed by atoms with E-state index in [1.807, 2.05) is 31.2 Å². The number of nitrogens with one attached hydrogen (secondary N) is 3. The molecule has 1 aromatic carbocycles. The van der Waals surface area contributed by atoms with Crippen LogP contribution in [0.25, 0.3) is 10.4 Å². The van der Waals surface area contributed by atoms with Crippen molar-refractivity contribution in [3.63, 3.8) is 0 Å². The van der Waals surface area contributed by atoms with Crippen LogP contribution in [0.4, 0.5) is 4.39 Å². The molecule has 264 valence electrons. The Labute approximate surface area is 286 Å². The zero-order chi connectivity index (χ0) is 35.1. The number of unbranched alkanes of at least 4 members (excludes halogenated alkanes) is 4. The maximum Gasteiger partial charge on any atom is 0.258 e. The number of hydrogen-bond donors (Lipinski definition) is 5. The summed E-state index contributed by atoms with van der Waals surface area (Å²) in [5, 5.41) is 19.1. The van der Waals surface area contributed by atoms with Crippen molar-refractivity contribution >= 4 is 35.0 Å². The van der Waals surface area contributed by atoms with Gasteiger partial charge >= 0.3 is 0 Å². The van der Waals surface area contributed by atoms with Gasteiger partial charge in [-0.3, -0.25) is 19.2 Å². The minimum atomic E-state index is -1.97. The summed E-state index contributed by atoms with van der Waals surface area (Å²) in [6.07, 6.45) is 4.11. The average molecular weight is 687 g/mol. The molecule has 4 atom stereocenters. The number of thiazole rings is 1. The van der Waals surface area contributed by atoms with Gasteiger partial charge in [0.15, 0.2) is 5.67 Å². The highest BCUT2D eigenvalue weighted by molar-refractivity contribution is 7.13. The highest BCUT2D eigenvalue weighted by atomic mass is 32.1. The standard InChI is InChI=1S/C35H51FN6O5S/c1-22-29(48-21-39-22)24-12-10-23(11-13-24)26(19-28(44)38-17-9-7-5-6-8-16-37)40-31(45)27-18-25(43)20-42(27)32(46)30(34(2,3)4)41-33(47)35(36)14-15-35/h10-13,21,25-27,30,43H,5-9,14-20,37H2,1-4H3,(H,38,44)(H,40,45)(H,41,47)/t25-,26+,27+,30?/m1/s1. The molecule has 48 heavy (non-hydrogen) atoms. The van der Waals surface area contributed by atoms with Gasteiger partial charge in [0.1, 0.15) is 12.1 Å². The lowest BCUT2D eigenvalue weighted by Crippen LogP contribution is -2.59. The van der Waals surface area contributed by atoms with Gasteiger partial charge in [0, 0.05) is 19.5 Å². The smallest absolute Gasteiger partial charge is 0.258 e. The number of β-amino-alcohol motifs (C(OH)–C–C–N with tert-alkyl or cyclic N) is 1. The molecule has 6 N–H and O–H groups in total. The van der Waals surface area contributed by atoms with E-state index in [0.29, 0.717) is 18.7 Å². The molecule has 4 rings (SSSR count). The first kappa shape index (κ1) is 37.4. The molecule has 2 fully saturated rings. The molecule has 0 radical (unpaired) electrons. The number of rotatable bonds is 16. The van der Waals surface area contributed by atoms with Crippen molar-refractivity contribution in [2.24, 2.45) is 11.1 Å². The molecule has 13 heteroatoms. The molecule has 1 saturated heterocycles. The second-order valence-corrected chi connectivity index (χ2v) is 15.0. The predicted molar refractivity (Wildman–Crippen MR) is 184 cm³/mol. The largest absolute Gasteiger partial charge is 0.391 e. The Bertz CT molecular complexity index is 1420. The molecule has 1 aliphatic heterocycles. The van der Waals surface area contributed by atoms with Gasteiger partial charge in [-0.2, -0.15) is 0 Å². The van der Waals surface area contributed by atoms with Crippen LogP contribution in [0.5, 0.6) is 0 Å². The molecular formula is C35H51FN6O5S. The summed E-state index contributed by atoms with van der Waals surface area (Å²) in [5.41, 5.74) is 7.16. The first-order chi connectivity index (χ1) is 22.7. The van der Waals surface area contributed by atoms with E-state index in [2.05, 4.69) is 20.9 Å². The Kier molecular flexibility index (Phi) is 12.7. The number of benzene rings is 1. The normalized spacial score (nSPS) is 19.8. The van der Waals surface area contributed by atoms with Crippen molar-refractivity contribution in [1.29, 1.82) is 0 Å². The molecule has 1 aromatic heterocycles. The second-order valence-electron chi connectivity index (χ2n) is 14.2. The summed E-state index contributed by atoms with van der Waals surface area (Å²) in [6.45, 7) is 8.27. The highest BCUT2D eigenvalue weighted by Gasteiger charge is 2.53. The van der Waals surface area contributed by atoms with Crippen molar-refractivity contribution < 1.29 is 28.7 Å². The van der Waals surface area contributed by atoms with E-state index >= 15 is 0 Å². The van der Waals surface area contributed by atoms with E-state index in [-0.39, 0.29) is 38.1 Å². The maximum absolute atomic E-state index is 14.6. The Morgan fingerprint density at radius 2 is 1.75 bits per heavy atom. The number of aromatic nitrogens is 1. The average Bonchev–Trinajstić information content (AvgIpc) is 3.44. The number of aryl methyl sites for hydroxylation is 1. The Morgan fingerprint density at radius 1 is 1.08 bits per heavy atom. The second kappa shape index (κ2) is 16.3. The van der Waals surface area contributed by atoms with Crippen LogP contribution in [-0.2, 0) is 19.2 Å². The van der Waals surface area contributed by atoms with Gasteiger partial charge in [0.2, 0.25) is 17.7 Å². The van der Waals surface area contributed by atoms with E-state index in [1.165, 1.54) is 16.2 Å². The van der Waals surface area contributed by atoms with E-state index in [4.69, 9.17) is 5.73 Å². The van der Waals surface area contributed by atoms with Gasteiger partial charge in [0.05, 0.1) is 34.6 Å². The number of carbonyl (C=O) groups excluding carboxylic acids is 4. The van der Waals surface area contributed by atoms with Crippen LogP contribution in [0.2, 0.25) is 0 Å². The number of halogens is 1. The first-order valence-corrected chi connectivity index (χ1v) is 17.9. The third kappa shape index (κ3) is 9.82. The van der Waals surface area contributed by atoms with Crippen LogP contribution in [0, 0.1) is 12.3 Å². The summed E-state index contributed by atoms with van der Waals surface area (Å²) in [6, 6.07) is 4.72. The third-order valence-corrected chi connectivity index (χ3v) is 10.1. The number of nitrogens with two attached hydrogens (primary N) is 1. The molecule has 2 heterocycles. The molecular weight excluding hydrogens is 635 g/mol. The lowest BCUT2D eigenvalue weighted by molar-refractivity contribution is -0.145. The number of aliphatic hydroxyl groups is 1. The molecule has 2 aliphatic rings. The lowest BCUT2D eigenvalue weighted by Gasteiger charge is -2.36.